The predicted molar refractivity (Wildman–Crippen MR) is 79.2 cm³/mol. The first-order chi connectivity index (χ1) is 9.92. The van der Waals surface area contributed by atoms with E-state index in [1.165, 1.54) is 51.4 Å². The summed E-state index contributed by atoms with van der Waals surface area (Å²) in [5, 5.41) is 3.80. The minimum absolute atomic E-state index is 0.473. The first-order valence-electron chi connectivity index (χ1n) is 8.73. The van der Waals surface area contributed by atoms with E-state index in [4.69, 9.17) is 4.74 Å². The van der Waals surface area contributed by atoms with Crippen LogP contribution in [-0.2, 0) is 4.74 Å². The van der Waals surface area contributed by atoms with Gasteiger partial charge in [0, 0.05) is 11.6 Å². The molecular formula is C18H25NO. The van der Waals surface area contributed by atoms with Crippen molar-refractivity contribution in [2.24, 2.45) is 17.8 Å². The van der Waals surface area contributed by atoms with Crippen molar-refractivity contribution in [3.8, 4) is 0 Å². The third-order valence-corrected chi connectivity index (χ3v) is 6.56. The van der Waals surface area contributed by atoms with E-state index in [-0.39, 0.29) is 0 Å². The van der Waals surface area contributed by atoms with Crippen LogP contribution in [0.15, 0.2) is 23.4 Å². The second-order valence-corrected chi connectivity index (χ2v) is 7.46. The molecule has 1 N–H and O–H groups in total. The van der Waals surface area contributed by atoms with Crippen LogP contribution in [0.25, 0.3) is 0 Å². The largest absolute Gasteiger partial charge is 0.381 e. The van der Waals surface area contributed by atoms with Crippen molar-refractivity contribution < 1.29 is 4.74 Å². The Hall–Kier alpha value is -0.760. The van der Waals surface area contributed by atoms with Gasteiger partial charge in [-0.25, -0.2) is 0 Å². The van der Waals surface area contributed by atoms with E-state index in [2.05, 4.69) is 17.5 Å². The molecule has 2 nitrogen and oxygen atoms in total. The number of allylic oxidation sites excluding steroid dienone is 2. The summed E-state index contributed by atoms with van der Waals surface area (Å²) in [6.07, 6.45) is 16.6. The number of hydrogen-bond acceptors (Lipinski definition) is 2. The van der Waals surface area contributed by atoms with E-state index in [1.54, 1.807) is 11.3 Å². The monoisotopic (exact) mass is 271 g/mol. The van der Waals surface area contributed by atoms with Gasteiger partial charge in [-0.2, -0.15) is 0 Å². The maximum absolute atomic E-state index is 6.61. The van der Waals surface area contributed by atoms with E-state index in [1.807, 2.05) is 0 Å². The summed E-state index contributed by atoms with van der Waals surface area (Å²) in [7, 11) is 0. The van der Waals surface area contributed by atoms with Gasteiger partial charge >= 0.3 is 0 Å². The summed E-state index contributed by atoms with van der Waals surface area (Å²) in [6.45, 7) is 0. The number of nitrogens with one attached hydrogen (secondary N) is 1. The Bertz CT molecular complexity index is 480. The number of ether oxygens (including phenoxy) is 1. The molecule has 2 fully saturated rings. The number of hydrogen-bond donors (Lipinski definition) is 1. The minimum Gasteiger partial charge on any atom is -0.381 e. The molecule has 6 atom stereocenters. The van der Waals surface area contributed by atoms with Crippen LogP contribution in [0, 0.1) is 17.8 Å². The maximum Gasteiger partial charge on any atom is 0.0843 e. The zero-order valence-electron chi connectivity index (χ0n) is 12.2. The molecule has 1 saturated carbocycles. The molecule has 108 valence electrons. The van der Waals surface area contributed by atoms with Gasteiger partial charge < -0.3 is 10.1 Å². The summed E-state index contributed by atoms with van der Waals surface area (Å²) < 4.78 is 6.61. The molecule has 0 radical (unpaired) electrons. The molecule has 0 spiro atoms. The fraction of sp³-hybridized carbons (Fsp3) is 0.778. The van der Waals surface area contributed by atoms with Crippen molar-refractivity contribution in [1.82, 2.24) is 5.32 Å². The highest BCUT2D eigenvalue weighted by Gasteiger charge is 2.52. The summed E-state index contributed by atoms with van der Waals surface area (Å²) in [5.41, 5.74) is 3.26. The Morgan fingerprint density at radius 3 is 3.00 bits per heavy atom. The van der Waals surface area contributed by atoms with Crippen molar-refractivity contribution in [2.45, 2.75) is 69.6 Å². The number of fused-ring (bicyclic) bond motifs is 6. The van der Waals surface area contributed by atoms with Gasteiger partial charge in [0.15, 0.2) is 0 Å². The van der Waals surface area contributed by atoms with E-state index >= 15 is 0 Å². The van der Waals surface area contributed by atoms with Crippen LogP contribution in [0.5, 0.6) is 0 Å². The zero-order valence-corrected chi connectivity index (χ0v) is 12.2. The van der Waals surface area contributed by atoms with E-state index < -0.39 is 0 Å². The highest BCUT2D eigenvalue weighted by Crippen LogP contribution is 2.53. The van der Waals surface area contributed by atoms with Crippen LogP contribution in [0.3, 0.4) is 0 Å². The van der Waals surface area contributed by atoms with Gasteiger partial charge in [0.05, 0.1) is 18.2 Å². The lowest BCUT2D eigenvalue weighted by Gasteiger charge is -2.32. The average Bonchev–Trinajstić information content (AvgIpc) is 3.04. The molecule has 2 heteroatoms. The van der Waals surface area contributed by atoms with Crippen LogP contribution < -0.4 is 5.32 Å². The molecule has 2 aliphatic heterocycles. The Labute approximate surface area is 121 Å². The van der Waals surface area contributed by atoms with Gasteiger partial charge in [0.2, 0.25) is 0 Å². The minimum atomic E-state index is 0.473. The third-order valence-electron chi connectivity index (χ3n) is 6.56. The zero-order chi connectivity index (χ0) is 13.1. The molecule has 3 aliphatic carbocycles. The first-order valence-corrected chi connectivity index (χ1v) is 8.73. The van der Waals surface area contributed by atoms with Gasteiger partial charge in [0.25, 0.3) is 0 Å². The standard InChI is InChI=1S/C18H25NO/c1-3-7-14-13(6-1)17-15(19-14)10-9-12-11-5-2-4-8-16(11)20-18(12)17/h3,7,11-14,16,18-19H,1-2,4-6,8-10H2. The van der Waals surface area contributed by atoms with E-state index in [9.17, 15) is 0 Å². The molecule has 5 aliphatic rings. The lowest BCUT2D eigenvalue weighted by molar-refractivity contribution is 0.0267. The van der Waals surface area contributed by atoms with E-state index in [0.29, 0.717) is 18.2 Å². The van der Waals surface area contributed by atoms with Crippen molar-refractivity contribution in [3.63, 3.8) is 0 Å². The second-order valence-electron chi connectivity index (χ2n) is 7.46. The van der Waals surface area contributed by atoms with Crippen molar-refractivity contribution in [2.75, 3.05) is 0 Å². The molecule has 0 bridgehead atoms. The highest BCUT2D eigenvalue weighted by molar-refractivity contribution is 5.36. The summed E-state index contributed by atoms with van der Waals surface area (Å²) in [6, 6.07) is 0.582. The quantitative estimate of drug-likeness (QED) is 0.680. The Kier molecular flexibility index (Phi) is 2.59. The van der Waals surface area contributed by atoms with Gasteiger partial charge in [-0.1, -0.05) is 25.0 Å². The van der Waals surface area contributed by atoms with Crippen LogP contribution in [0.4, 0.5) is 0 Å². The lowest BCUT2D eigenvalue weighted by Crippen LogP contribution is -2.31. The summed E-state index contributed by atoms with van der Waals surface area (Å²) in [5.74, 6) is 2.45. The molecule has 6 unspecified atom stereocenters. The SMILES string of the molecule is C1=CC2NC3=C(C2CC1)C1OC2CCCCC2C1CC3. The van der Waals surface area contributed by atoms with Crippen molar-refractivity contribution >= 4 is 0 Å². The molecule has 5 rings (SSSR count). The fourth-order valence-electron chi connectivity index (χ4n) is 5.72. The van der Waals surface area contributed by atoms with Crippen LogP contribution in [0.2, 0.25) is 0 Å². The summed E-state index contributed by atoms with van der Waals surface area (Å²) in [4.78, 5) is 0. The average molecular weight is 271 g/mol. The topological polar surface area (TPSA) is 21.3 Å². The highest BCUT2D eigenvalue weighted by atomic mass is 16.5. The molecular weight excluding hydrogens is 246 g/mol. The molecule has 0 aromatic rings. The predicted octanol–water partition coefficient (Wildman–Crippen LogP) is 3.55. The second kappa shape index (κ2) is 4.37. The molecule has 2 heterocycles. The van der Waals surface area contributed by atoms with Crippen LogP contribution >= 0.6 is 0 Å². The van der Waals surface area contributed by atoms with Crippen molar-refractivity contribution in [3.05, 3.63) is 23.4 Å². The lowest BCUT2D eigenvalue weighted by atomic mass is 9.70. The Morgan fingerprint density at radius 2 is 2.00 bits per heavy atom. The van der Waals surface area contributed by atoms with Crippen molar-refractivity contribution in [1.29, 1.82) is 0 Å². The van der Waals surface area contributed by atoms with Gasteiger partial charge in [0.1, 0.15) is 0 Å². The smallest absolute Gasteiger partial charge is 0.0843 e. The van der Waals surface area contributed by atoms with E-state index in [0.717, 1.165) is 17.8 Å². The molecule has 0 aromatic heterocycles. The summed E-state index contributed by atoms with van der Waals surface area (Å²) >= 11 is 0. The van der Waals surface area contributed by atoms with Gasteiger partial charge in [-0.3, -0.25) is 0 Å². The molecule has 20 heavy (non-hydrogen) atoms. The molecule has 0 aromatic carbocycles. The van der Waals surface area contributed by atoms with Crippen LogP contribution in [0.1, 0.15) is 51.4 Å². The van der Waals surface area contributed by atoms with Gasteiger partial charge in [-0.05, 0) is 55.9 Å². The Morgan fingerprint density at radius 1 is 1.05 bits per heavy atom. The van der Waals surface area contributed by atoms with Gasteiger partial charge in [-0.15, -0.1) is 0 Å². The fourth-order valence-corrected chi connectivity index (χ4v) is 5.72. The van der Waals surface area contributed by atoms with Crippen LogP contribution in [-0.4, -0.2) is 18.2 Å². The number of rotatable bonds is 0. The molecule has 1 saturated heterocycles. The Balaban J connectivity index is 1.49. The first kappa shape index (κ1) is 11.9. The third kappa shape index (κ3) is 1.55. The normalized spacial score (nSPS) is 49.2. The maximum atomic E-state index is 6.61. The molecule has 0 amide bonds.